The highest BCUT2D eigenvalue weighted by Gasteiger charge is 2.11. The molecule has 2 aromatic rings. The Morgan fingerprint density at radius 2 is 1.89 bits per heavy atom. The van der Waals surface area contributed by atoms with Gasteiger partial charge in [-0.2, -0.15) is 0 Å². The lowest BCUT2D eigenvalue weighted by atomic mass is 10.0. The molecule has 1 aromatic heterocycles. The van der Waals surface area contributed by atoms with Gasteiger partial charge in [0.25, 0.3) is 0 Å². The molecule has 0 amide bonds. The zero-order valence-electron chi connectivity index (χ0n) is 10.2. The van der Waals surface area contributed by atoms with Crippen LogP contribution in [0.15, 0.2) is 42.7 Å². The predicted molar refractivity (Wildman–Crippen MR) is 70.7 cm³/mol. The van der Waals surface area contributed by atoms with Crippen LogP contribution in [-0.2, 0) is 11.2 Å². The number of carbonyl (C=O) groups is 1. The summed E-state index contributed by atoms with van der Waals surface area (Å²) < 4.78 is 0. The van der Waals surface area contributed by atoms with E-state index < -0.39 is 12.0 Å². The second-order valence-electron chi connectivity index (χ2n) is 4.28. The van der Waals surface area contributed by atoms with E-state index in [0.29, 0.717) is 0 Å². The SMILES string of the molecule is N[C@@H](Cc1ccc(-c2cncc(O)c2)cc1)C(=O)O. The Hall–Kier alpha value is -2.40. The molecule has 1 aromatic carbocycles. The van der Waals surface area contributed by atoms with Gasteiger partial charge in [-0.1, -0.05) is 24.3 Å². The summed E-state index contributed by atoms with van der Waals surface area (Å²) in [7, 11) is 0. The van der Waals surface area contributed by atoms with Crippen molar-refractivity contribution in [3.8, 4) is 16.9 Å². The Labute approximate surface area is 110 Å². The number of hydrogen-bond acceptors (Lipinski definition) is 4. The minimum Gasteiger partial charge on any atom is -0.506 e. The molecule has 0 aliphatic heterocycles. The van der Waals surface area contributed by atoms with Crippen molar-refractivity contribution in [1.29, 1.82) is 0 Å². The highest BCUT2D eigenvalue weighted by Crippen LogP contribution is 2.22. The fourth-order valence-electron chi connectivity index (χ4n) is 1.76. The number of aliphatic carboxylic acids is 1. The molecule has 0 bridgehead atoms. The van der Waals surface area contributed by atoms with Crippen molar-refractivity contribution in [3.05, 3.63) is 48.3 Å². The number of aromatic nitrogens is 1. The molecule has 5 heteroatoms. The third-order valence-electron chi connectivity index (χ3n) is 2.78. The second-order valence-corrected chi connectivity index (χ2v) is 4.28. The zero-order valence-corrected chi connectivity index (χ0v) is 10.2. The Bertz CT molecular complexity index is 581. The van der Waals surface area contributed by atoms with Crippen LogP contribution in [0.1, 0.15) is 5.56 Å². The van der Waals surface area contributed by atoms with Crippen LogP contribution in [0.3, 0.4) is 0 Å². The van der Waals surface area contributed by atoms with Crippen LogP contribution in [-0.4, -0.2) is 27.2 Å². The van der Waals surface area contributed by atoms with Crippen molar-refractivity contribution in [1.82, 2.24) is 4.98 Å². The van der Waals surface area contributed by atoms with Gasteiger partial charge in [-0.15, -0.1) is 0 Å². The summed E-state index contributed by atoms with van der Waals surface area (Å²) >= 11 is 0. The number of carboxylic acids is 1. The van der Waals surface area contributed by atoms with Crippen LogP contribution < -0.4 is 5.73 Å². The Balaban J connectivity index is 2.17. The van der Waals surface area contributed by atoms with Crippen LogP contribution in [0.25, 0.3) is 11.1 Å². The first-order valence-corrected chi connectivity index (χ1v) is 5.78. The van der Waals surface area contributed by atoms with E-state index in [-0.39, 0.29) is 12.2 Å². The van der Waals surface area contributed by atoms with Gasteiger partial charge >= 0.3 is 5.97 Å². The van der Waals surface area contributed by atoms with Crippen LogP contribution in [0, 0.1) is 0 Å². The average Bonchev–Trinajstić information content (AvgIpc) is 2.39. The molecule has 0 saturated heterocycles. The third kappa shape index (κ3) is 3.29. The van der Waals surface area contributed by atoms with E-state index in [2.05, 4.69) is 4.98 Å². The van der Waals surface area contributed by atoms with E-state index in [1.54, 1.807) is 12.3 Å². The summed E-state index contributed by atoms with van der Waals surface area (Å²) in [4.78, 5) is 14.6. The third-order valence-corrected chi connectivity index (χ3v) is 2.78. The van der Waals surface area contributed by atoms with Gasteiger partial charge in [0.05, 0.1) is 6.20 Å². The second kappa shape index (κ2) is 5.49. The molecule has 19 heavy (non-hydrogen) atoms. The summed E-state index contributed by atoms with van der Waals surface area (Å²) in [5, 5.41) is 18.1. The minimum absolute atomic E-state index is 0.106. The van der Waals surface area contributed by atoms with Gasteiger partial charge in [0.2, 0.25) is 0 Å². The van der Waals surface area contributed by atoms with Crippen LogP contribution in [0.4, 0.5) is 0 Å². The van der Waals surface area contributed by atoms with Gasteiger partial charge in [-0.05, 0) is 23.6 Å². The molecule has 0 unspecified atom stereocenters. The Morgan fingerprint density at radius 3 is 2.47 bits per heavy atom. The number of carboxylic acid groups (broad SMARTS) is 1. The summed E-state index contributed by atoms with van der Waals surface area (Å²) in [5.41, 5.74) is 8.03. The van der Waals surface area contributed by atoms with Gasteiger partial charge in [0.15, 0.2) is 0 Å². The van der Waals surface area contributed by atoms with Crippen molar-refractivity contribution in [3.63, 3.8) is 0 Å². The van der Waals surface area contributed by atoms with Crippen molar-refractivity contribution in [2.75, 3.05) is 0 Å². The molecule has 2 rings (SSSR count). The van der Waals surface area contributed by atoms with E-state index in [4.69, 9.17) is 10.8 Å². The molecule has 1 atom stereocenters. The Kier molecular flexibility index (Phi) is 3.77. The molecule has 5 nitrogen and oxygen atoms in total. The lowest BCUT2D eigenvalue weighted by Crippen LogP contribution is -2.32. The fourth-order valence-corrected chi connectivity index (χ4v) is 1.76. The predicted octanol–water partition coefficient (Wildman–Crippen LogP) is 1.41. The molecule has 4 N–H and O–H groups in total. The molecular weight excluding hydrogens is 244 g/mol. The molecule has 1 heterocycles. The van der Waals surface area contributed by atoms with Crippen molar-refractivity contribution < 1.29 is 15.0 Å². The maximum absolute atomic E-state index is 10.7. The van der Waals surface area contributed by atoms with Crippen molar-refractivity contribution in [2.45, 2.75) is 12.5 Å². The molecule has 0 radical (unpaired) electrons. The minimum atomic E-state index is -1.01. The van der Waals surface area contributed by atoms with E-state index in [9.17, 15) is 9.90 Å². The summed E-state index contributed by atoms with van der Waals surface area (Å²) in [6.45, 7) is 0. The molecule has 0 saturated carbocycles. The van der Waals surface area contributed by atoms with Gasteiger partial charge in [0, 0.05) is 11.8 Å². The van der Waals surface area contributed by atoms with E-state index in [1.165, 1.54) is 6.20 Å². The van der Waals surface area contributed by atoms with Crippen LogP contribution in [0.5, 0.6) is 5.75 Å². The maximum atomic E-state index is 10.7. The van der Waals surface area contributed by atoms with Gasteiger partial charge in [-0.25, -0.2) is 0 Å². The number of pyridine rings is 1. The zero-order chi connectivity index (χ0) is 13.8. The summed E-state index contributed by atoms with van der Waals surface area (Å²) in [6.07, 6.45) is 3.30. The highest BCUT2D eigenvalue weighted by molar-refractivity contribution is 5.73. The van der Waals surface area contributed by atoms with E-state index >= 15 is 0 Å². The topological polar surface area (TPSA) is 96.4 Å². The van der Waals surface area contributed by atoms with Gasteiger partial charge in [0.1, 0.15) is 11.8 Å². The van der Waals surface area contributed by atoms with Gasteiger partial charge < -0.3 is 15.9 Å². The molecule has 0 aliphatic carbocycles. The smallest absolute Gasteiger partial charge is 0.320 e. The van der Waals surface area contributed by atoms with Crippen molar-refractivity contribution in [2.24, 2.45) is 5.73 Å². The van der Waals surface area contributed by atoms with Crippen LogP contribution in [0.2, 0.25) is 0 Å². The van der Waals surface area contributed by atoms with Crippen LogP contribution >= 0.6 is 0 Å². The lowest BCUT2D eigenvalue weighted by Gasteiger charge is -2.07. The summed E-state index contributed by atoms with van der Waals surface area (Å²) in [5.74, 6) is -0.907. The lowest BCUT2D eigenvalue weighted by molar-refractivity contribution is -0.138. The average molecular weight is 258 g/mol. The molecule has 98 valence electrons. The number of nitrogens with zero attached hydrogens (tertiary/aromatic N) is 1. The highest BCUT2D eigenvalue weighted by atomic mass is 16.4. The number of benzene rings is 1. The van der Waals surface area contributed by atoms with Gasteiger partial charge in [-0.3, -0.25) is 9.78 Å². The monoisotopic (exact) mass is 258 g/mol. The number of hydrogen-bond donors (Lipinski definition) is 3. The quantitative estimate of drug-likeness (QED) is 0.770. The molecule has 0 spiro atoms. The first-order chi connectivity index (χ1) is 9.06. The normalized spacial score (nSPS) is 12.1. The molecular formula is C14H14N2O3. The largest absolute Gasteiger partial charge is 0.506 e. The van der Waals surface area contributed by atoms with Crippen molar-refractivity contribution >= 4 is 5.97 Å². The summed E-state index contributed by atoms with van der Waals surface area (Å²) in [6, 6.07) is 8.06. The first-order valence-electron chi connectivity index (χ1n) is 5.78. The Morgan fingerprint density at radius 1 is 1.21 bits per heavy atom. The fraction of sp³-hybridized carbons (Fsp3) is 0.143. The van der Waals surface area contributed by atoms with E-state index in [1.807, 2.05) is 24.3 Å². The number of aromatic hydroxyl groups is 1. The first kappa shape index (κ1) is 13.0. The molecule has 0 fully saturated rings. The number of nitrogens with two attached hydrogens (primary N) is 1. The number of rotatable bonds is 4. The standard InChI is InChI=1S/C14H14N2O3/c15-13(14(18)19)5-9-1-3-10(4-2-9)11-6-12(17)8-16-7-11/h1-4,6-8,13,17H,5,15H2,(H,18,19)/t13-/m0/s1. The maximum Gasteiger partial charge on any atom is 0.320 e. The molecule has 0 aliphatic rings. The van der Waals surface area contributed by atoms with E-state index in [0.717, 1.165) is 16.7 Å².